The van der Waals surface area contributed by atoms with E-state index in [0.717, 1.165) is 0 Å². The van der Waals surface area contributed by atoms with Crippen LogP contribution >= 0.6 is 0 Å². The lowest BCUT2D eigenvalue weighted by Gasteiger charge is -2.06. The van der Waals surface area contributed by atoms with Crippen molar-refractivity contribution >= 4 is 10.2 Å². The van der Waals surface area contributed by atoms with E-state index in [1.807, 2.05) is 6.92 Å². The van der Waals surface area contributed by atoms with Crippen molar-refractivity contribution in [1.82, 2.24) is 0 Å². The predicted molar refractivity (Wildman–Crippen MR) is 28.2 cm³/mol. The molecule has 0 saturated carbocycles. The molecule has 1 unspecified atom stereocenters. The average molecular weight is 117 g/mol. The second-order valence-corrected chi connectivity index (χ2v) is 1.49. The summed E-state index contributed by atoms with van der Waals surface area (Å²) in [7, 11) is 4.71. The smallest absolute Gasteiger partial charge is 0.133 e. The maximum atomic E-state index is 4.88. The Bertz CT molecular complexity index is 40.7. The largest absolute Gasteiger partial charge is 0.361 e. The van der Waals surface area contributed by atoms with Gasteiger partial charge in [0.05, 0.1) is 0 Å². The monoisotopic (exact) mass is 117 g/mol. The molecule has 0 aromatic heterocycles. The third-order valence-electron chi connectivity index (χ3n) is 0.532. The highest BCUT2D eigenvalue weighted by molar-refractivity contribution is 6.09. The second-order valence-electron chi connectivity index (χ2n) is 1.02. The molecule has 3 heteroatoms. The van der Waals surface area contributed by atoms with Crippen LogP contribution in [-0.2, 0) is 9.47 Å². The lowest BCUT2D eigenvalue weighted by atomic mass is 10.9. The van der Waals surface area contributed by atoms with E-state index in [9.17, 15) is 0 Å². The Morgan fingerprint density at radius 3 is 2.43 bits per heavy atom. The van der Waals surface area contributed by atoms with E-state index >= 15 is 0 Å². The minimum absolute atomic E-state index is 0.245. The molecule has 0 N–H and O–H groups in total. The normalized spacial score (nSPS) is 14.1. The van der Waals surface area contributed by atoms with Crippen LogP contribution < -0.4 is 0 Å². The van der Waals surface area contributed by atoms with E-state index < -0.39 is 0 Å². The number of methoxy groups -OCH3 is 1. The third-order valence-corrected chi connectivity index (χ3v) is 0.934. The molecular formula is C4H9O2Si. The Labute approximate surface area is 47.2 Å². The Morgan fingerprint density at radius 2 is 2.29 bits per heavy atom. The minimum Gasteiger partial charge on any atom is -0.361 e. The Balaban J connectivity index is 2.83. The molecule has 7 heavy (non-hydrogen) atoms. The molecule has 0 aliphatic carbocycles. The lowest BCUT2D eigenvalue weighted by Crippen LogP contribution is -2.13. The van der Waals surface area contributed by atoms with Crippen LogP contribution in [0, 0.1) is 0 Å². The van der Waals surface area contributed by atoms with Crippen molar-refractivity contribution in [3.63, 3.8) is 0 Å². The van der Waals surface area contributed by atoms with Gasteiger partial charge in [0, 0.05) is 13.7 Å². The topological polar surface area (TPSA) is 18.5 Å². The molecule has 0 aromatic rings. The van der Waals surface area contributed by atoms with Gasteiger partial charge in [0.15, 0.2) is 0 Å². The summed E-state index contributed by atoms with van der Waals surface area (Å²) in [4.78, 5) is 0. The molecule has 0 bridgehead atoms. The van der Waals surface area contributed by atoms with Crippen molar-refractivity contribution in [2.45, 2.75) is 12.8 Å². The van der Waals surface area contributed by atoms with Gasteiger partial charge >= 0.3 is 0 Å². The molecular weight excluding hydrogens is 108 g/mol. The number of rotatable bonds is 3. The highest BCUT2D eigenvalue weighted by Gasteiger charge is 1.92. The molecule has 0 aliphatic rings. The first-order valence-electron chi connectivity index (χ1n) is 2.16. The third kappa shape index (κ3) is 3.98. The first-order valence-corrected chi connectivity index (χ1v) is 2.74. The molecule has 3 radical (unpaired) electrons. The van der Waals surface area contributed by atoms with Gasteiger partial charge in [-0.25, -0.2) is 0 Å². The summed E-state index contributed by atoms with van der Waals surface area (Å²) in [6.45, 7) is 2.58. The maximum absolute atomic E-state index is 4.88. The summed E-state index contributed by atoms with van der Waals surface area (Å²) >= 11 is 0. The SMILES string of the molecule is CCOC([Si])OC. The molecule has 0 saturated heterocycles. The molecule has 0 rings (SSSR count). The second kappa shape index (κ2) is 4.30. The zero-order valence-electron chi connectivity index (χ0n) is 4.60. The molecule has 0 aliphatic heterocycles. The van der Waals surface area contributed by atoms with E-state index in [1.165, 1.54) is 0 Å². The molecule has 0 amide bonds. The zero-order chi connectivity index (χ0) is 5.70. The number of ether oxygens (including phenoxy) is 2. The van der Waals surface area contributed by atoms with Gasteiger partial charge in [-0.05, 0) is 6.92 Å². The van der Waals surface area contributed by atoms with Crippen LogP contribution in [0.5, 0.6) is 0 Å². The van der Waals surface area contributed by atoms with E-state index in [4.69, 9.17) is 4.74 Å². The van der Waals surface area contributed by atoms with Crippen molar-refractivity contribution in [3.8, 4) is 0 Å². The van der Waals surface area contributed by atoms with Gasteiger partial charge in [0.1, 0.15) is 16.2 Å². The molecule has 41 valence electrons. The van der Waals surface area contributed by atoms with Crippen LogP contribution in [-0.4, -0.2) is 29.9 Å². The fourth-order valence-electron chi connectivity index (χ4n) is 0.219. The fraction of sp³-hybridized carbons (Fsp3) is 1.00. The van der Waals surface area contributed by atoms with E-state index in [0.29, 0.717) is 6.61 Å². The average Bonchev–Trinajstić information content (AvgIpc) is 1.68. The predicted octanol–water partition coefficient (Wildman–Crippen LogP) is 0.121. The molecule has 0 aromatic carbocycles. The van der Waals surface area contributed by atoms with E-state index in [2.05, 4.69) is 15.0 Å². The van der Waals surface area contributed by atoms with Crippen LogP contribution in [0.1, 0.15) is 6.92 Å². The Kier molecular flexibility index (Phi) is 4.38. The molecule has 0 fully saturated rings. The van der Waals surface area contributed by atoms with Gasteiger partial charge in [0.2, 0.25) is 0 Å². The van der Waals surface area contributed by atoms with Gasteiger partial charge in [-0.2, -0.15) is 0 Å². The van der Waals surface area contributed by atoms with Gasteiger partial charge < -0.3 is 9.47 Å². The van der Waals surface area contributed by atoms with Gasteiger partial charge in [0.25, 0.3) is 0 Å². The van der Waals surface area contributed by atoms with Gasteiger partial charge in [-0.1, -0.05) is 0 Å². The Morgan fingerprint density at radius 1 is 1.71 bits per heavy atom. The van der Waals surface area contributed by atoms with Gasteiger partial charge in [-0.3, -0.25) is 0 Å². The van der Waals surface area contributed by atoms with Crippen LogP contribution in [0.15, 0.2) is 0 Å². The standard InChI is InChI=1S/C4H9O2Si/c1-3-6-4(7)5-2/h4H,3H2,1-2H3. The summed E-state index contributed by atoms with van der Waals surface area (Å²) in [6, 6.07) is 0. The summed E-state index contributed by atoms with van der Waals surface area (Å²) in [6.07, 6.45) is 0. The van der Waals surface area contributed by atoms with E-state index in [1.54, 1.807) is 7.11 Å². The van der Waals surface area contributed by atoms with Crippen molar-refractivity contribution in [2.24, 2.45) is 0 Å². The zero-order valence-corrected chi connectivity index (χ0v) is 5.60. The summed E-state index contributed by atoms with van der Waals surface area (Å²) in [5, 5.41) is 0. The summed E-state index contributed by atoms with van der Waals surface area (Å²) in [5.74, 6) is -0.245. The highest BCUT2D eigenvalue weighted by Crippen LogP contribution is 1.82. The molecule has 0 spiro atoms. The molecule has 1 atom stereocenters. The Hall–Kier alpha value is 0.137. The fourth-order valence-corrected chi connectivity index (χ4v) is 0.386. The summed E-state index contributed by atoms with van der Waals surface area (Å²) < 4.78 is 9.56. The maximum Gasteiger partial charge on any atom is 0.133 e. The molecule has 0 heterocycles. The van der Waals surface area contributed by atoms with Crippen molar-refractivity contribution in [1.29, 1.82) is 0 Å². The quantitative estimate of drug-likeness (QED) is 0.386. The van der Waals surface area contributed by atoms with Crippen molar-refractivity contribution in [2.75, 3.05) is 13.7 Å². The van der Waals surface area contributed by atoms with Crippen LogP contribution in [0.3, 0.4) is 0 Å². The van der Waals surface area contributed by atoms with Crippen molar-refractivity contribution < 1.29 is 9.47 Å². The van der Waals surface area contributed by atoms with Crippen LogP contribution in [0.4, 0.5) is 0 Å². The van der Waals surface area contributed by atoms with E-state index in [-0.39, 0.29) is 5.91 Å². The number of hydrogen-bond donors (Lipinski definition) is 0. The van der Waals surface area contributed by atoms with Crippen LogP contribution in [0.25, 0.3) is 0 Å². The molecule has 2 nitrogen and oxygen atoms in total. The van der Waals surface area contributed by atoms with Crippen LogP contribution in [0.2, 0.25) is 0 Å². The van der Waals surface area contributed by atoms with Gasteiger partial charge in [-0.15, -0.1) is 0 Å². The number of hydrogen-bond acceptors (Lipinski definition) is 2. The first-order chi connectivity index (χ1) is 3.31. The van der Waals surface area contributed by atoms with Crippen molar-refractivity contribution in [3.05, 3.63) is 0 Å². The highest BCUT2D eigenvalue weighted by atomic mass is 28.1. The minimum atomic E-state index is -0.245. The first kappa shape index (κ1) is 7.14. The summed E-state index contributed by atoms with van der Waals surface area (Å²) in [5.41, 5.74) is 0. The lowest BCUT2D eigenvalue weighted by molar-refractivity contribution is -0.0617.